The molecule has 2 N–H and O–H groups in total. The first-order valence-electron chi connectivity index (χ1n) is 5.54. The highest BCUT2D eigenvalue weighted by Crippen LogP contribution is 2.24. The van der Waals surface area contributed by atoms with Gasteiger partial charge in [-0.1, -0.05) is 17.7 Å². The van der Waals surface area contributed by atoms with E-state index in [0.29, 0.717) is 28.0 Å². The third-order valence-corrected chi connectivity index (χ3v) is 3.05. The number of carboxylic acid groups (broad SMARTS) is 1. The molecule has 100 valence electrons. The molecule has 0 spiro atoms. The quantitative estimate of drug-likeness (QED) is 0.738. The number of anilines is 1. The molecule has 19 heavy (non-hydrogen) atoms. The Kier molecular flexibility index (Phi) is 4.39. The summed E-state index contributed by atoms with van der Waals surface area (Å²) in [5.41, 5.74) is 0.615. The molecule has 0 fully saturated rings. The van der Waals surface area contributed by atoms with Crippen molar-refractivity contribution in [1.82, 2.24) is 0 Å². The Balaban J connectivity index is 2.23. The summed E-state index contributed by atoms with van der Waals surface area (Å²) in [5, 5.41) is 12.7. The second-order valence-corrected chi connectivity index (χ2v) is 4.64. The average molecular weight is 298 g/mol. The number of halogens is 1. The van der Waals surface area contributed by atoms with E-state index in [1.807, 2.05) is 0 Å². The molecule has 1 aromatic heterocycles. The number of carboxylic acids is 1. The molecule has 2 aromatic rings. The second-order valence-electron chi connectivity index (χ2n) is 3.89. The first-order chi connectivity index (χ1) is 9.10. The van der Waals surface area contributed by atoms with Crippen molar-refractivity contribution in [3.8, 4) is 0 Å². The van der Waals surface area contributed by atoms with Gasteiger partial charge >= 0.3 is 5.97 Å². The summed E-state index contributed by atoms with van der Waals surface area (Å²) in [4.78, 5) is 11.3. The van der Waals surface area contributed by atoms with E-state index in [1.54, 1.807) is 36.4 Å². The van der Waals surface area contributed by atoms with E-state index in [4.69, 9.17) is 16.0 Å². The van der Waals surface area contributed by atoms with Crippen LogP contribution in [0.25, 0.3) is 0 Å². The third-order valence-electron chi connectivity index (χ3n) is 2.51. The SMILES string of the molecule is O=C(O)C(Nc1cccc(Cl)c1)c1ccc(CS)o1. The topological polar surface area (TPSA) is 62.5 Å². The standard InChI is InChI=1S/C13H12ClNO3S/c14-8-2-1-3-9(6-8)15-12(13(16)17)11-5-4-10(7-19)18-11/h1-6,12,15,19H,7H2,(H,16,17). The predicted octanol–water partition coefficient (Wildman–Crippen LogP) is 3.60. The van der Waals surface area contributed by atoms with Crippen molar-refractivity contribution in [2.45, 2.75) is 11.8 Å². The van der Waals surface area contributed by atoms with Gasteiger partial charge < -0.3 is 14.8 Å². The summed E-state index contributed by atoms with van der Waals surface area (Å²) in [5.74, 6) is 0.345. The maximum atomic E-state index is 11.3. The number of furan rings is 1. The molecule has 0 bridgehead atoms. The van der Waals surface area contributed by atoms with Gasteiger partial charge in [0.15, 0.2) is 6.04 Å². The molecule has 0 aliphatic heterocycles. The van der Waals surface area contributed by atoms with E-state index in [0.717, 1.165) is 0 Å². The van der Waals surface area contributed by atoms with Crippen LogP contribution in [0.4, 0.5) is 5.69 Å². The fraction of sp³-hybridized carbons (Fsp3) is 0.154. The summed E-state index contributed by atoms with van der Waals surface area (Å²) in [7, 11) is 0. The van der Waals surface area contributed by atoms with Crippen LogP contribution in [0.3, 0.4) is 0 Å². The van der Waals surface area contributed by atoms with Crippen LogP contribution in [0, 0.1) is 0 Å². The highest BCUT2D eigenvalue weighted by atomic mass is 35.5. The van der Waals surface area contributed by atoms with Crippen LogP contribution in [0.1, 0.15) is 17.6 Å². The lowest BCUT2D eigenvalue weighted by atomic mass is 10.2. The normalized spacial score (nSPS) is 12.1. The number of nitrogens with one attached hydrogen (secondary N) is 1. The van der Waals surface area contributed by atoms with Crippen molar-refractivity contribution in [3.63, 3.8) is 0 Å². The van der Waals surface area contributed by atoms with Gasteiger partial charge in [-0.15, -0.1) is 0 Å². The molecule has 0 aliphatic carbocycles. The van der Waals surface area contributed by atoms with Crippen molar-refractivity contribution >= 4 is 35.9 Å². The van der Waals surface area contributed by atoms with Crippen LogP contribution in [-0.2, 0) is 10.5 Å². The number of rotatable bonds is 5. The molecule has 0 amide bonds. The lowest BCUT2D eigenvalue weighted by Crippen LogP contribution is -2.19. The number of hydrogen-bond acceptors (Lipinski definition) is 4. The van der Waals surface area contributed by atoms with E-state index < -0.39 is 12.0 Å². The number of aliphatic carboxylic acids is 1. The largest absolute Gasteiger partial charge is 0.479 e. The molecule has 4 nitrogen and oxygen atoms in total. The first-order valence-corrected chi connectivity index (χ1v) is 6.55. The number of carbonyl (C=O) groups is 1. The van der Waals surface area contributed by atoms with Crippen molar-refractivity contribution in [2.75, 3.05) is 5.32 Å². The fourth-order valence-electron chi connectivity index (χ4n) is 1.63. The maximum absolute atomic E-state index is 11.3. The number of thiol groups is 1. The van der Waals surface area contributed by atoms with Crippen molar-refractivity contribution in [3.05, 3.63) is 52.9 Å². The molecule has 1 atom stereocenters. The van der Waals surface area contributed by atoms with Crippen LogP contribution < -0.4 is 5.32 Å². The van der Waals surface area contributed by atoms with Gasteiger partial charge in [0.2, 0.25) is 0 Å². The Bertz CT molecular complexity index is 585. The predicted molar refractivity (Wildman–Crippen MR) is 76.8 cm³/mol. The van der Waals surface area contributed by atoms with Gasteiger partial charge in [-0.2, -0.15) is 12.6 Å². The van der Waals surface area contributed by atoms with E-state index in [-0.39, 0.29) is 0 Å². The van der Waals surface area contributed by atoms with Crippen molar-refractivity contribution < 1.29 is 14.3 Å². The van der Waals surface area contributed by atoms with E-state index in [2.05, 4.69) is 17.9 Å². The zero-order valence-corrected chi connectivity index (χ0v) is 11.5. The molecule has 0 saturated heterocycles. The van der Waals surface area contributed by atoms with Gasteiger partial charge in [-0.3, -0.25) is 0 Å². The monoisotopic (exact) mass is 297 g/mol. The fourth-order valence-corrected chi connectivity index (χ4v) is 1.99. The van der Waals surface area contributed by atoms with Crippen molar-refractivity contribution in [1.29, 1.82) is 0 Å². The second kappa shape index (κ2) is 6.04. The lowest BCUT2D eigenvalue weighted by molar-refractivity contribution is -0.138. The Labute approximate surface area is 120 Å². The van der Waals surface area contributed by atoms with E-state index in [1.165, 1.54) is 0 Å². The van der Waals surface area contributed by atoms with Gasteiger partial charge in [0, 0.05) is 16.5 Å². The minimum Gasteiger partial charge on any atom is -0.479 e. The molecule has 1 unspecified atom stereocenters. The van der Waals surface area contributed by atoms with Gasteiger partial charge in [0.25, 0.3) is 0 Å². The Morgan fingerprint density at radius 1 is 1.42 bits per heavy atom. The summed E-state index contributed by atoms with van der Waals surface area (Å²) in [6, 6.07) is 9.22. The smallest absolute Gasteiger partial charge is 0.334 e. The van der Waals surface area contributed by atoms with Crippen LogP contribution in [0.15, 0.2) is 40.8 Å². The van der Waals surface area contributed by atoms with Gasteiger partial charge in [-0.05, 0) is 30.3 Å². The zero-order valence-electron chi connectivity index (χ0n) is 9.84. The Morgan fingerprint density at radius 2 is 2.21 bits per heavy atom. The average Bonchev–Trinajstić information content (AvgIpc) is 2.84. The minimum absolute atomic E-state index is 0.330. The Morgan fingerprint density at radius 3 is 2.79 bits per heavy atom. The number of benzene rings is 1. The molecule has 1 aromatic carbocycles. The molecule has 0 aliphatic rings. The van der Waals surface area contributed by atoms with Crippen LogP contribution in [-0.4, -0.2) is 11.1 Å². The van der Waals surface area contributed by atoms with Crippen LogP contribution >= 0.6 is 24.2 Å². The first kappa shape index (κ1) is 13.8. The molecule has 1 heterocycles. The molecule has 0 radical (unpaired) electrons. The number of hydrogen-bond donors (Lipinski definition) is 3. The van der Waals surface area contributed by atoms with Gasteiger partial charge in [0.05, 0.1) is 0 Å². The minimum atomic E-state index is -1.03. The third kappa shape index (κ3) is 3.45. The summed E-state index contributed by atoms with van der Waals surface area (Å²) >= 11 is 9.94. The lowest BCUT2D eigenvalue weighted by Gasteiger charge is -2.13. The van der Waals surface area contributed by atoms with Crippen LogP contribution in [0.5, 0.6) is 0 Å². The van der Waals surface area contributed by atoms with E-state index in [9.17, 15) is 9.90 Å². The van der Waals surface area contributed by atoms with Crippen LogP contribution in [0.2, 0.25) is 5.02 Å². The van der Waals surface area contributed by atoms with Gasteiger partial charge in [0.1, 0.15) is 11.5 Å². The highest BCUT2D eigenvalue weighted by molar-refractivity contribution is 7.79. The molecule has 0 saturated carbocycles. The molecular formula is C13H12ClNO3S. The maximum Gasteiger partial charge on any atom is 0.334 e. The van der Waals surface area contributed by atoms with Crippen molar-refractivity contribution in [2.24, 2.45) is 0 Å². The Hall–Kier alpha value is -1.59. The summed E-state index contributed by atoms with van der Waals surface area (Å²) < 4.78 is 5.41. The molecule has 2 rings (SSSR count). The summed E-state index contributed by atoms with van der Waals surface area (Å²) in [6.45, 7) is 0. The molecule has 6 heteroatoms. The molecular weight excluding hydrogens is 286 g/mol. The zero-order chi connectivity index (χ0) is 13.8. The summed E-state index contributed by atoms with van der Waals surface area (Å²) in [6.07, 6.45) is 0. The highest BCUT2D eigenvalue weighted by Gasteiger charge is 2.23. The van der Waals surface area contributed by atoms with E-state index >= 15 is 0 Å². The van der Waals surface area contributed by atoms with Gasteiger partial charge in [-0.25, -0.2) is 4.79 Å².